The lowest BCUT2D eigenvalue weighted by molar-refractivity contribution is 0.148. The van der Waals surface area contributed by atoms with Gasteiger partial charge in [-0.15, -0.1) is 0 Å². The highest BCUT2D eigenvalue weighted by molar-refractivity contribution is 5.78. The summed E-state index contributed by atoms with van der Waals surface area (Å²) in [6.45, 7) is 3.98. The highest BCUT2D eigenvalue weighted by atomic mass is 16.4. The fraction of sp³-hybridized carbons (Fsp3) is 0.333. The Morgan fingerprint density at radius 3 is 2.86 bits per heavy atom. The second kappa shape index (κ2) is 3.46. The van der Waals surface area contributed by atoms with Crippen molar-refractivity contribution in [3.05, 3.63) is 35.6 Å². The molecule has 0 radical (unpaired) electrons. The first-order valence-electron chi connectivity index (χ1n) is 4.89. The Kier molecular flexibility index (Phi) is 2.30. The van der Waals surface area contributed by atoms with Crippen molar-refractivity contribution in [2.24, 2.45) is 0 Å². The number of aryl methyl sites for hydroxylation is 1. The lowest BCUT2D eigenvalue weighted by atomic mass is 10.1. The minimum absolute atomic E-state index is 0.484. The van der Waals surface area contributed by atoms with Crippen molar-refractivity contribution >= 4 is 11.0 Å². The van der Waals surface area contributed by atoms with E-state index in [4.69, 9.17) is 4.42 Å². The molecule has 1 aromatic carbocycles. The summed E-state index contributed by atoms with van der Waals surface area (Å²) in [5, 5.41) is 10.7. The fourth-order valence-electron chi connectivity index (χ4n) is 1.55. The molecule has 0 spiro atoms. The Balaban J connectivity index is 2.51. The third kappa shape index (κ3) is 1.53. The molecule has 2 heteroatoms. The van der Waals surface area contributed by atoms with Crippen LogP contribution in [-0.2, 0) is 0 Å². The molecule has 0 amide bonds. The third-order valence-corrected chi connectivity index (χ3v) is 2.41. The van der Waals surface area contributed by atoms with E-state index in [9.17, 15) is 5.11 Å². The quantitative estimate of drug-likeness (QED) is 0.789. The molecule has 1 aromatic heterocycles. The van der Waals surface area contributed by atoms with Gasteiger partial charge >= 0.3 is 0 Å². The first-order valence-corrected chi connectivity index (χ1v) is 4.89. The number of fused-ring (bicyclic) bond motifs is 1. The number of hydrogen-bond acceptors (Lipinski definition) is 2. The van der Waals surface area contributed by atoms with Gasteiger partial charge in [-0.25, -0.2) is 0 Å². The molecule has 0 aliphatic rings. The molecule has 0 bridgehead atoms. The van der Waals surface area contributed by atoms with Crippen LogP contribution < -0.4 is 0 Å². The molecule has 0 saturated carbocycles. The maximum atomic E-state index is 9.61. The summed E-state index contributed by atoms with van der Waals surface area (Å²) in [7, 11) is 0. The molecule has 2 aromatic rings. The first-order chi connectivity index (χ1) is 6.70. The molecule has 1 unspecified atom stereocenters. The standard InChI is InChI=1S/C12H14O2/c1-3-10(13)12-7-9-6-8(2)4-5-11(9)14-12/h4-7,10,13H,3H2,1-2H3. The van der Waals surface area contributed by atoms with Crippen LogP contribution in [0.25, 0.3) is 11.0 Å². The molecule has 0 aliphatic carbocycles. The van der Waals surface area contributed by atoms with E-state index < -0.39 is 6.10 Å². The number of hydrogen-bond donors (Lipinski definition) is 1. The van der Waals surface area contributed by atoms with Crippen LogP contribution in [0.15, 0.2) is 28.7 Å². The van der Waals surface area contributed by atoms with Crippen molar-refractivity contribution in [3.8, 4) is 0 Å². The number of aliphatic hydroxyl groups excluding tert-OH is 1. The maximum absolute atomic E-state index is 9.61. The summed E-state index contributed by atoms with van der Waals surface area (Å²) in [5.74, 6) is 0.660. The van der Waals surface area contributed by atoms with Crippen LogP contribution in [0.4, 0.5) is 0 Å². The zero-order valence-corrected chi connectivity index (χ0v) is 8.45. The van der Waals surface area contributed by atoms with Gasteiger partial charge in [-0.2, -0.15) is 0 Å². The van der Waals surface area contributed by atoms with Crippen LogP contribution in [0.3, 0.4) is 0 Å². The average Bonchev–Trinajstić information content (AvgIpc) is 2.59. The summed E-state index contributed by atoms with van der Waals surface area (Å²) >= 11 is 0. The van der Waals surface area contributed by atoms with E-state index in [1.807, 2.05) is 32.0 Å². The minimum Gasteiger partial charge on any atom is -0.458 e. The summed E-state index contributed by atoms with van der Waals surface area (Å²) in [4.78, 5) is 0. The predicted molar refractivity (Wildman–Crippen MR) is 56.2 cm³/mol. The molecule has 74 valence electrons. The Hall–Kier alpha value is -1.28. The summed E-state index contributed by atoms with van der Waals surface area (Å²) < 4.78 is 5.53. The van der Waals surface area contributed by atoms with Gasteiger partial charge in [-0.05, 0) is 31.5 Å². The van der Waals surface area contributed by atoms with Crippen LogP contribution in [-0.4, -0.2) is 5.11 Å². The molecule has 0 aliphatic heterocycles. The van der Waals surface area contributed by atoms with Crippen molar-refractivity contribution in [3.63, 3.8) is 0 Å². The molecule has 14 heavy (non-hydrogen) atoms. The molecule has 2 rings (SSSR count). The van der Waals surface area contributed by atoms with Gasteiger partial charge in [-0.3, -0.25) is 0 Å². The van der Waals surface area contributed by atoms with E-state index in [2.05, 4.69) is 6.07 Å². The summed E-state index contributed by atoms with van der Waals surface area (Å²) in [5.41, 5.74) is 2.05. The average molecular weight is 190 g/mol. The van der Waals surface area contributed by atoms with E-state index in [1.165, 1.54) is 5.56 Å². The van der Waals surface area contributed by atoms with Crippen LogP contribution in [0.2, 0.25) is 0 Å². The summed E-state index contributed by atoms with van der Waals surface area (Å²) in [6, 6.07) is 7.92. The molecule has 2 nitrogen and oxygen atoms in total. The lowest BCUT2D eigenvalue weighted by Gasteiger charge is -2.00. The highest BCUT2D eigenvalue weighted by Gasteiger charge is 2.10. The number of furan rings is 1. The number of rotatable bonds is 2. The van der Waals surface area contributed by atoms with Gasteiger partial charge in [0.1, 0.15) is 17.4 Å². The van der Waals surface area contributed by atoms with Gasteiger partial charge in [0.2, 0.25) is 0 Å². The van der Waals surface area contributed by atoms with Crippen molar-refractivity contribution < 1.29 is 9.52 Å². The van der Waals surface area contributed by atoms with Crippen molar-refractivity contribution in [1.82, 2.24) is 0 Å². The smallest absolute Gasteiger partial charge is 0.134 e. The second-order valence-corrected chi connectivity index (χ2v) is 3.61. The maximum Gasteiger partial charge on any atom is 0.134 e. The predicted octanol–water partition coefficient (Wildman–Crippen LogP) is 3.18. The molecule has 1 atom stereocenters. The van der Waals surface area contributed by atoms with Gasteiger partial charge in [0.25, 0.3) is 0 Å². The van der Waals surface area contributed by atoms with E-state index in [0.717, 1.165) is 11.0 Å². The van der Waals surface area contributed by atoms with Crippen molar-refractivity contribution in [2.75, 3.05) is 0 Å². The lowest BCUT2D eigenvalue weighted by Crippen LogP contribution is -1.90. The number of aliphatic hydroxyl groups is 1. The molecular weight excluding hydrogens is 176 g/mol. The largest absolute Gasteiger partial charge is 0.458 e. The van der Waals surface area contributed by atoms with E-state index >= 15 is 0 Å². The zero-order chi connectivity index (χ0) is 10.1. The number of benzene rings is 1. The SMILES string of the molecule is CCC(O)c1cc2cc(C)ccc2o1. The Morgan fingerprint density at radius 2 is 2.14 bits per heavy atom. The zero-order valence-electron chi connectivity index (χ0n) is 8.45. The van der Waals surface area contributed by atoms with Gasteiger partial charge in [0.05, 0.1) is 0 Å². The summed E-state index contributed by atoms with van der Waals surface area (Å²) in [6.07, 6.45) is 0.196. The monoisotopic (exact) mass is 190 g/mol. The normalized spacial score (nSPS) is 13.4. The van der Waals surface area contributed by atoms with Crippen LogP contribution in [0.1, 0.15) is 30.8 Å². The van der Waals surface area contributed by atoms with Crippen LogP contribution >= 0.6 is 0 Å². The van der Waals surface area contributed by atoms with Crippen molar-refractivity contribution in [1.29, 1.82) is 0 Å². The van der Waals surface area contributed by atoms with E-state index in [-0.39, 0.29) is 0 Å². The third-order valence-electron chi connectivity index (χ3n) is 2.41. The molecule has 1 heterocycles. The fourth-order valence-corrected chi connectivity index (χ4v) is 1.55. The van der Waals surface area contributed by atoms with Gasteiger partial charge < -0.3 is 9.52 Å². The Labute approximate surface area is 83.2 Å². The molecule has 0 fully saturated rings. The Bertz CT molecular complexity index is 443. The topological polar surface area (TPSA) is 33.4 Å². The van der Waals surface area contributed by atoms with Crippen LogP contribution in [0, 0.1) is 6.92 Å². The highest BCUT2D eigenvalue weighted by Crippen LogP contribution is 2.25. The van der Waals surface area contributed by atoms with E-state index in [0.29, 0.717) is 12.2 Å². The van der Waals surface area contributed by atoms with E-state index in [1.54, 1.807) is 0 Å². The first kappa shape index (κ1) is 9.28. The molecular formula is C12H14O2. The Morgan fingerprint density at radius 1 is 1.36 bits per heavy atom. The van der Waals surface area contributed by atoms with Gasteiger partial charge in [-0.1, -0.05) is 18.6 Å². The van der Waals surface area contributed by atoms with Crippen molar-refractivity contribution in [2.45, 2.75) is 26.4 Å². The molecule has 0 saturated heterocycles. The van der Waals surface area contributed by atoms with Crippen LogP contribution in [0.5, 0.6) is 0 Å². The van der Waals surface area contributed by atoms with Gasteiger partial charge in [0.15, 0.2) is 0 Å². The molecule has 1 N–H and O–H groups in total. The van der Waals surface area contributed by atoms with Gasteiger partial charge in [0, 0.05) is 5.39 Å². The second-order valence-electron chi connectivity index (χ2n) is 3.61. The minimum atomic E-state index is -0.484.